The Hall–Kier alpha value is -3.39. The molecule has 0 radical (unpaired) electrons. The van der Waals surface area contributed by atoms with Gasteiger partial charge in [0.15, 0.2) is 6.61 Å². The molecule has 3 rings (SSSR count). The van der Waals surface area contributed by atoms with Crippen molar-refractivity contribution in [2.75, 3.05) is 11.9 Å². The number of anilines is 1. The molecule has 1 N–H and O–H groups in total. The Morgan fingerprint density at radius 2 is 2.11 bits per heavy atom. The minimum atomic E-state index is -0.558. The van der Waals surface area contributed by atoms with E-state index in [0.717, 1.165) is 11.1 Å². The fourth-order valence-electron chi connectivity index (χ4n) is 2.59. The van der Waals surface area contributed by atoms with Crippen molar-refractivity contribution < 1.29 is 14.5 Å². The van der Waals surface area contributed by atoms with Gasteiger partial charge in [0.05, 0.1) is 22.7 Å². The van der Waals surface area contributed by atoms with Crippen molar-refractivity contribution in [3.63, 3.8) is 0 Å². The number of carbonyl (C=O) groups is 1. The predicted molar refractivity (Wildman–Crippen MR) is 105 cm³/mol. The van der Waals surface area contributed by atoms with E-state index in [9.17, 15) is 14.9 Å². The molecule has 0 saturated carbocycles. The highest BCUT2D eigenvalue weighted by Gasteiger charge is 2.13. The van der Waals surface area contributed by atoms with Gasteiger partial charge in [-0.05, 0) is 18.6 Å². The van der Waals surface area contributed by atoms with Crippen LogP contribution in [0.3, 0.4) is 0 Å². The fourth-order valence-corrected chi connectivity index (χ4v) is 2.82. The fraction of sp³-hybridized carbons (Fsp3) is 0.158. The number of nitrogens with zero attached hydrogens (tertiary/aromatic N) is 3. The number of nitro groups is 1. The van der Waals surface area contributed by atoms with Crippen LogP contribution in [-0.4, -0.2) is 27.2 Å². The maximum Gasteiger partial charge on any atom is 0.271 e. The summed E-state index contributed by atoms with van der Waals surface area (Å²) in [7, 11) is 0. The second-order valence-corrected chi connectivity index (χ2v) is 6.48. The molecule has 0 aliphatic heterocycles. The first-order valence-corrected chi connectivity index (χ1v) is 8.74. The maximum atomic E-state index is 12.2. The normalized spacial score (nSPS) is 10.5. The van der Waals surface area contributed by atoms with E-state index >= 15 is 0 Å². The zero-order valence-corrected chi connectivity index (χ0v) is 15.7. The van der Waals surface area contributed by atoms with Crippen molar-refractivity contribution in [3.8, 4) is 5.75 Å². The molecule has 1 heterocycles. The lowest BCUT2D eigenvalue weighted by atomic mass is 10.1. The van der Waals surface area contributed by atoms with Crippen LogP contribution in [-0.2, 0) is 11.3 Å². The SMILES string of the molecule is Cc1cccc(Cn2nccc2NC(=O)COc2ccc([N+](=O)[O-])cc2Cl)c1. The number of carbonyl (C=O) groups excluding carboxylic acids is 1. The highest BCUT2D eigenvalue weighted by molar-refractivity contribution is 6.32. The number of benzene rings is 2. The molecule has 0 aliphatic rings. The summed E-state index contributed by atoms with van der Waals surface area (Å²) in [6, 6.07) is 13.5. The van der Waals surface area contributed by atoms with Gasteiger partial charge in [-0.1, -0.05) is 41.4 Å². The standard InChI is InChI=1S/C19H17ClN4O4/c1-13-3-2-4-14(9-13)11-23-18(7-8-21-23)22-19(25)12-28-17-6-5-15(24(26)27)10-16(17)20/h2-10H,11-12H2,1H3,(H,22,25). The largest absolute Gasteiger partial charge is 0.482 e. The van der Waals surface area contributed by atoms with Crippen molar-refractivity contribution in [3.05, 3.63) is 81.0 Å². The summed E-state index contributed by atoms with van der Waals surface area (Å²) in [6.07, 6.45) is 1.60. The number of rotatable bonds is 7. The molecule has 0 spiro atoms. The van der Waals surface area contributed by atoms with E-state index in [1.165, 1.54) is 18.2 Å². The van der Waals surface area contributed by atoms with E-state index in [0.29, 0.717) is 12.4 Å². The highest BCUT2D eigenvalue weighted by atomic mass is 35.5. The number of nitrogens with one attached hydrogen (secondary N) is 1. The Morgan fingerprint density at radius 1 is 1.29 bits per heavy atom. The Morgan fingerprint density at radius 3 is 2.82 bits per heavy atom. The zero-order chi connectivity index (χ0) is 20.1. The van der Waals surface area contributed by atoms with Gasteiger partial charge < -0.3 is 10.1 Å². The van der Waals surface area contributed by atoms with Gasteiger partial charge in [0, 0.05) is 18.2 Å². The monoisotopic (exact) mass is 400 g/mol. The van der Waals surface area contributed by atoms with Crippen LogP contribution >= 0.6 is 11.6 Å². The number of amides is 1. The number of non-ortho nitro benzene ring substituents is 1. The quantitative estimate of drug-likeness (QED) is 0.480. The molecular formula is C19H17ClN4O4. The molecule has 1 amide bonds. The molecule has 28 heavy (non-hydrogen) atoms. The number of aromatic nitrogens is 2. The Labute approximate surface area is 165 Å². The molecule has 1 aromatic heterocycles. The topological polar surface area (TPSA) is 99.3 Å². The average Bonchev–Trinajstić information content (AvgIpc) is 3.07. The van der Waals surface area contributed by atoms with Gasteiger partial charge in [0.25, 0.3) is 11.6 Å². The van der Waals surface area contributed by atoms with Gasteiger partial charge in [0.2, 0.25) is 0 Å². The Bertz CT molecular complexity index is 1020. The molecule has 0 fully saturated rings. The van der Waals surface area contributed by atoms with Crippen molar-refractivity contribution in [1.29, 1.82) is 0 Å². The summed E-state index contributed by atoms with van der Waals surface area (Å²) in [5.74, 6) is 0.320. The summed E-state index contributed by atoms with van der Waals surface area (Å²) < 4.78 is 7.03. The van der Waals surface area contributed by atoms with Crippen LogP contribution in [0.15, 0.2) is 54.7 Å². The molecule has 0 bridgehead atoms. The van der Waals surface area contributed by atoms with Gasteiger partial charge in [-0.15, -0.1) is 0 Å². The lowest BCUT2D eigenvalue weighted by Gasteiger charge is -2.11. The lowest BCUT2D eigenvalue weighted by Crippen LogP contribution is -2.22. The molecule has 2 aromatic carbocycles. The molecule has 8 nitrogen and oxygen atoms in total. The smallest absolute Gasteiger partial charge is 0.271 e. The van der Waals surface area contributed by atoms with Crippen molar-refractivity contribution in [2.45, 2.75) is 13.5 Å². The minimum Gasteiger partial charge on any atom is -0.482 e. The van der Waals surface area contributed by atoms with E-state index in [-0.39, 0.29) is 23.1 Å². The number of nitro benzene ring substituents is 1. The minimum absolute atomic E-state index is 0.0616. The number of halogens is 1. The molecule has 0 unspecified atom stereocenters. The molecule has 3 aromatic rings. The van der Waals surface area contributed by atoms with Crippen LogP contribution in [0.2, 0.25) is 5.02 Å². The van der Waals surface area contributed by atoms with Crippen LogP contribution in [0.1, 0.15) is 11.1 Å². The first-order valence-electron chi connectivity index (χ1n) is 8.36. The molecule has 9 heteroatoms. The molecule has 0 atom stereocenters. The zero-order valence-electron chi connectivity index (χ0n) is 15.0. The number of ether oxygens (including phenoxy) is 1. The number of hydrogen-bond donors (Lipinski definition) is 1. The number of hydrogen-bond acceptors (Lipinski definition) is 5. The average molecular weight is 401 g/mol. The summed E-state index contributed by atoms with van der Waals surface area (Å²) in [5, 5.41) is 17.7. The van der Waals surface area contributed by atoms with Gasteiger partial charge >= 0.3 is 0 Å². The third-order valence-electron chi connectivity index (χ3n) is 3.88. The summed E-state index contributed by atoms with van der Waals surface area (Å²) in [4.78, 5) is 22.4. The van der Waals surface area contributed by atoms with Crippen molar-refractivity contribution in [1.82, 2.24) is 9.78 Å². The van der Waals surface area contributed by atoms with Crippen molar-refractivity contribution in [2.24, 2.45) is 0 Å². The highest BCUT2D eigenvalue weighted by Crippen LogP contribution is 2.28. The van der Waals surface area contributed by atoms with Crippen LogP contribution in [0.25, 0.3) is 0 Å². The van der Waals surface area contributed by atoms with Crippen LogP contribution in [0.4, 0.5) is 11.5 Å². The second kappa shape index (κ2) is 8.53. The maximum absolute atomic E-state index is 12.2. The van der Waals surface area contributed by atoms with E-state index in [4.69, 9.17) is 16.3 Å². The van der Waals surface area contributed by atoms with Crippen LogP contribution in [0.5, 0.6) is 5.75 Å². The van der Waals surface area contributed by atoms with E-state index < -0.39 is 10.8 Å². The Balaban J connectivity index is 1.60. The summed E-state index contributed by atoms with van der Waals surface area (Å²) >= 11 is 5.95. The number of aryl methyl sites for hydroxylation is 1. The second-order valence-electron chi connectivity index (χ2n) is 6.07. The third-order valence-corrected chi connectivity index (χ3v) is 4.18. The van der Waals surface area contributed by atoms with Crippen molar-refractivity contribution >= 4 is 29.0 Å². The molecule has 144 valence electrons. The van der Waals surface area contributed by atoms with E-state index in [1.807, 2.05) is 31.2 Å². The predicted octanol–water partition coefficient (Wildman–Crippen LogP) is 3.82. The summed E-state index contributed by atoms with van der Waals surface area (Å²) in [6.45, 7) is 2.22. The Kier molecular flexibility index (Phi) is 5.90. The molecule has 0 saturated heterocycles. The van der Waals surface area contributed by atoms with Gasteiger partial charge in [-0.3, -0.25) is 14.9 Å². The third kappa shape index (κ3) is 4.86. The van der Waals surface area contributed by atoms with E-state index in [1.54, 1.807) is 16.9 Å². The molecule has 0 aliphatic carbocycles. The van der Waals surface area contributed by atoms with Crippen LogP contribution in [0, 0.1) is 17.0 Å². The lowest BCUT2D eigenvalue weighted by molar-refractivity contribution is -0.384. The van der Waals surface area contributed by atoms with Gasteiger partial charge in [-0.25, -0.2) is 4.68 Å². The van der Waals surface area contributed by atoms with Gasteiger partial charge in [0.1, 0.15) is 11.6 Å². The van der Waals surface area contributed by atoms with Gasteiger partial charge in [-0.2, -0.15) is 5.10 Å². The first kappa shape index (κ1) is 19.4. The summed E-state index contributed by atoms with van der Waals surface area (Å²) in [5.41, 5.74) is 2.05. The first-order chi connectivity index (χ1) is 13.4. The van der Waals surface area contributed by atoms with E-state index in [2.05, 4.69) is 10.4 Å². The van der Waals surface area contributed by atoms with Crippen LogP contribution < -0.4 is 10.1 Å². The molecular weight excluding hydrogens is 384 g/mol.